The van der Waals surface area contributed by atoms with E-state index in [1.165, 1.54) is 0 Å². The minimum atomic E-state index is -0.253. The number of hydrogen-bond donors (Lipinski definition) is 0. The van der Waals surface area contributed by atoms with Gasteiger partial charge < -0.3 is 14.4 Å². The Bertz CT molecular complexity index is 298. The fourth-order valence-corrected chi connectivity index (χ4v) is 2.15. The number of nitrogens with zero attached hydrogens (tertiary/aromatic N) is 1. The standard InChI is InChI=1S/C14H25NO4/c1-4-18-13(16)7-8-15(14(17)11(2)3)10-12-6-5-9-19-12/h11-12H,4-10H2,1-3H3. The Morgan fingerprint density at radius 3 is 2.68 bits per heavy atom. The monoisotopic (exact) mass is 271 g/mol. The molecule has 1 heterocycles. The number of rotatable bonds is 7. The maximum absolute atomic E-state index is 12.1. The number of ether oxygens (including phenoxy) is 2. The molecule has 1 amide bonds. The molecule has 1 unspecified atom stereocenters. The largest absolute Gasteiger partial charge is 0.466 e. The Kier molecular flexibility index (Phi) is 6.84. The van der Waals surface area contributed by atoms with E-state index < -0.39 is 0 Å². The fourth-order valence-electron chi connectivity index (χ4n) is 2.15. The van der Waals surface area contributed by atoms with Gasteiger partial charge in [0.05, 0.1) is 19.1 Å². The van der Waals surface area contributed by atoms with E-state index in [1.807, 2.05) is 13.8 Å². The molecule has 0 saturated carbocycles. The summed E-state index contributed by atoms with van der Waals surface area (Å²) in [5, 5.41) is 0. The summed E-state index contributed by atoms with van der Waals surface area (Å²) in [7, 11) is 0. The molecule has 1 atom stereocenters. The van der Waals surface area contributed by atoms with Crippen molar-refractivity contribution in [3.63, 3.8) is 0 Å². The van der Waals surface area contributed by atoms with Crippen molar-refractivity contribution < 1.29 is 19.1 Å². The van der Waals surface area contributed by atoms with Crippen molar-refractivity contribution in [2.45, 2.75) is 46.1 Å². The van der Waals surface area contributed by atoms with E-state index in [9.17, 15) is 9.59 Å². The third kappa shape index (κ3) is 5.59. The molecule has 0 radical (unpaired) electrons. The zero-order valence-electron chi connectivity index (χ0n) is 12.2. The molecule has 110 valence electrons. The maximum atomic E-state index is 12.1. The lowest BCUT2D eigenvalue weighted by Gasteiger charge is -2.26. The number of amides is 1. The van der Waals surface area contributed by atoms with Crippen LogP contribution in [0.25, 0.3) is 0 Å². The van der Waals surface area contributed by atoms with Crippen molar-refractivity contribution in [2.24, 2.45) is 5.92 Å². The van der Waals surface area contributed by atoms with Crippen molar-refractivity contribution in [3.05, 3.63) is 0 Å². The average molecular weight is 271 g/mol. The lowest BCUT2D eigenvalue weighted by Crippen LogP contribution is -2.41. The van der Waals surface area contributed by atoms with E-state index in [0.717, 1.165) is 19.4 Å². The number of carbonyl (C=O) groups is 2. The Morgan fingerprint density at radius 2 is 2.16 bits per heavy atom. The van der Waals surface area contributed by atoms with E-state index in [-0.39, 0.29) is 30.3 Å². The molecule has 0 aromatic heterocycles. The van der Waals surface area contributed by atoms with Gasteiger partial charge in [0.25, 0.3) is 0 Å². The van der Waals surface area contributed by atoms with Crippen molar-refractivity contribution in [3.8, 4) is 0 Å². The van der Waals surface area contributed by atoms with Crippen LogP contribution in [0.1, 0.15) is 40.0 Å². The molecule has 1 saturated heterocycles. The number of hydrogen-bond acceptors (Lipinski definition) is 4. The molecule has 0 aromatic carbocycles. The van der Waals surface area contributed by atoms with E-state index in [0.29, 0.717) is 19.7 Å². The smallest absolute Gasteiger partial charge is 0.307 e. The van der Waals surface area contributed by atoms with Gasteiger partial charge in [-0.05, 0) is 19.8 Å². The van der Waals surface area contributed by atoms with Gasteiger partial charge in [0.1, 0.15) is 0 Å². The molecule has 1 fully saturated rings. The van der Waals surface area contributed by atoms with Gasteiger partial charge >= 0.3 is 5.97 Å². The van der Waals surface area contributed by atoms with Crippen LogP contribution >= 0.6 is 0 Å². The summed E-state index contributed by atoms with van der Waals surface area (Å²) in [5.74, 6) is -0.250. The highest BCUT2D eigenvalue weighted by molar-refractivity contribution is 5.79. The summed E-state index contributed by atoms with van der Waals surface area (Å²) in [4.78, 5) is 25.2. The second kappa shape index (κ2) is 8.15. The van der Waals surface area contributed by atoms with E-state index in [4.69, 9.17) is 9.47 Å². The van der Waals surface area contributed by atoms with Gasteiger partial charge in [-0.3, -0.25) is 9.59 Å². The van der Waals surface area contributed by atoms with Gasteiger partial charge in [0.2, 0.25) is 5.91 Å². The molecule has 0 bridgehead atoms. The van der Waals surface area contributed by atoms with E-state index >= 15 is 0 Å². The topological polar surface area (TPSA) is 55.8 Å². The zero-order valence-corrected chi connectivity index (χ0v) is 12.2. The Labute approximate surface area is 115 Å². The van der Waals surface area contributed by atoms with Gasteiger partial charge in [0, 0.05) is 25.6 Å². The third-order valence-corrected chi connectivity index (χ3v) is 3.14. The molecule has 0 aromatic rings. The summed E-state index contributed by atoms with van der Waals surface area (Å²) in [6.07, 6.45) is 2.40. The second-order valence-corrected chi connectivity index (χ2v) is 5.13. The van der Waals surface area contributed by atoms with E-state index in [2.05, 4.69) is 0 Å². The zero-order chi connectivity index (χ0) is 14.3. The molecule has 19 heavy (non-hydrogen) atoms. The minimum absolute atomic E-state index is 0.0661. The second-order valence-electron chi connectivity index (χ2n) is 5.13. The third-order valence-electron chi connectivity index (χ3n) is 3.14. The normalized spacial score (nSPS) is 18.6. The highest BCUT2D eigenvalue weighted by Crippen LogP contribution is 2.15. The summed E-state index contributed by atoms with van der Waals surface area (Å²) in [6, 6.07) is 0. The molecular weight excluding hydrogens is 246 g/mol. The van der Waals surface area contributed by atoms with Crippen LogP contribution in [-0.2, 0) is 19.1 Å². The highest BCUT2D eigenvalue weighted by Gasteiger charge is 2.24. The first-order chi connectivity index (χ1) is 9.04. The Morgan fingerprint density at radius 1 is 1.42 bits per heavy atom. The van der Waals surface area contributed by atoms with Crippen molar-refractivity contribution in [1.29, 1.82) is 0 Å². The van der Waals surface area contributed by atoms with Gasteiger partial charge in [-0.1, -0.05) is 13.8 Å². The molecule has 0 N–H and O–H groups in total. The maximum Gasteiger partial charge on any atom is 0.307 e. The highest BCUT2D eigenvalue weighted by atomic mass is 16.5. The predicted molar refractivity (Wildman–Crippen MR) is 71.6 cm³/mol. The molecular formula is C14H25NO4. The van der Waals surface area contributed by atoms with Gasteiger partial charge in [0.15, 0.2) is 0 Å². The molecule has 0 aliphatic carbocycles. The van der Waals surface area contributed by atoms with Gasteiger partial charge in [-0.25, -0.2) is 0 Å². The van der Waals surface area contributed by atoms with Crippen LogP contribution in [0.15, 0.2) is 0 Å². The van der Waals surface area contributed by atoms with Gasteiger partial charge in [-0.2, -0.15) is 0 Å². The van der Waals surface area contributed by atoms with Crippen LogP contribution in [0.3, 0.4) is 0 Å². The number of carbonyl (C=O) groups excluding carboxylic acids is 2. The fraction of sp³-hybridized carbons (Fsp3) is 0.857. The van der Waals surface area contributed by atoms with Crippen LogP contribution in [0.2, 0.25) is 0 Å². The summed E-state index contributed by atoms with van der Waals surface area (Å²) in [6.45, 7) is 7.66. The summed E-state index contributed by atoms with van der Waals surface area (Å²) in [5.41, 5.74) is 0. The molecule has 5 heteroatoms. The summed E-state index contributed by atoms with van der Waals surface area (Å²) < 4.78 is 10.5. The first-order valence-corrected chi connectivity index (χ1v) is 7.10. The minimum Gasteiger partial charge on any atom is -0.466 e. The van der Waals surface area contributed by atoms with Crippen LogP contribution in [0.4, 0.5) is 0 Å². The molecule has 1 aliphatic rings. The summed E-state index contributed by atoms with van der Waals surface area (Å²) >= 11 is 0. The van der Waals surface area contributed by atoms with Crippen molar-refractivity contribution >= 4 is 11.9 Å². The van der Waals surface area contributed by atoms with E-state index in [1.54, 1.807) is 11.8 Å². The first-order valence-electron chi connectivity index (χ1n) is 7.10. The molecule has 5 nitrogen and oxygen atoms in total. The van der Waals surface area contributed by atoms with Crippen LogP contribution in [0.5, 0.6) is 0 Å². The number of esters is 1. The quantitative estimate of drug-likeness (QED) is 0.660. The SMILES string of the molecule is CCOC(=O)CCN(CC1CCCO1)C(=O)C(C)C. The lowest BCUT2D eigenvalue weighted by molar-refractivity contribution is -0.144. The average Bonchev–Trinajstić information content (AvgIpc) is 2.86. The lowest BCUT2D eigenvalue weighted by atomic mass is 10.1. The van der Waals surface area contributed by atoms with Gasteiger partial charge in [-0.15, -0.1) is 0 Å². The van der Waals surface area contributed by atoms with Crippen molar-refractivity contribution in [2.75, 3.05) is 26.3 Å². The van der Waals surface area contributed by atoms with Crippen LogP contribution < -0.4 is 0 Å². The van der Waals surface area contributed by atoms with Crippen molar-refractivity contribution in [1.82, 2.24) is 4.90 Å². The molecule has 1 rings (SSSR count). The molecule has 1 aliphatic heterocycles. The Hall–Kier alpha value is -1.10. The van der Waals surface area contributed by atoms with Crippen LogP contribution in [0, 0.1) is 5.92 Å². The molecule has 0 spiro atoms. The predicted octanol–water partition coefficient (Wildman–Crippen LogP) is 1.60. The first kappa shape index (κ1) is 16.0. The Balaban J connectivity index is 2.48. The van der Waals surface area contributed by atoms with Crippen LogP contribution in [-0.4, -0.2) is 49.2 Å².